The van der Waals surface area contributed by atoms with E-state index < -0.39 is 11.8 Å². The lowest BCUT2D eigenvalue weighted by atomic mass is 10.2. The topological polar surface area (TPSA) is 80.1 Å². The van der Waals surface area contributed by atoms with Crippen molar-refractivity contribution in [2.45, 2.75) is 6.92 Å². The van der Waals surface area contributed by atoms with Gasteiger partial charge in [-0.15, -0.1) is 0 Å². The number of esters is 1. The van der Waals surface area contributed by atoms with Crippen LogP contribution in [-0.2, 0) is 14.3 Å². The number of carbonyl (C=O) groups excluding carboxylic acids is 3. The maximum Gasteiger partial charge on any atom is 0.342 e. The highest BCUT2D eigenvalue weighted by Crippen LogP contribution is 2.16. The number of hydrogen-bond acceptors (Lipinski definition) is 6. The van der Waals surface area contributed by atoms with Gasteiger partial charge in [0.1, 0.15) is 5.57 Å². The van der Waals surface area contributed by atoms with Crippen LogP contribution in [0.4, 0.5) is 0 Å². The van der Waals surface area contributed by atoms with Crippen molar-refractivity contribution in [2.24, 2.45) is 0 Å². The molecule has 0 bridgehead atoms. The largest absolute Gasteiger partial charge is 0.465 e. The van der Waals surface area contributed by atoms with Crippen molar-refractivity contribution >= 4 is 35.0 Å². The van der Waals surface area contributed by atoms with Crippen molar-refractivity contribution < 1.29 is 23.5 Å². The predicted octanol–water partition coefficient (Wildman–Crippen LogP) is 0.968. The van der Waals surface area contributed by atoms with Gasteiger partial charge in [-0.2, -0.15) is 0 Å². The molecule has 0 radical (unpaired) electrons. The first-order chi connectivity index (χ1) is 10.5. The van der Waals surface area contributed by atoms with E-state index in [9.17, 15) is 14.4 Å². The quantitative estimate of drug-likeness (QED) is 0.269. The highest BCUT2D eigenvalue weighted by Gasteiger charge is 2.32. The van der Waals surface area contributed by atoms with Crippen LogP contribution in [0.1, 0.15) is 17.5 Å². The van der Waals surface area contributed by atoms with Crippen molar-refractivity contribution in [1.29, 1.82) is 0 Å². The van der Waals surface area contributed by atoms with Crippen LogP contribution in [0.25, 0.3) is 0 Å². The van der Waals surface area contributed by atoms with E-state index in [-0.39, 0.29) is 22.4 Å². The van der Waals surface area contributed by atoms with Crippen LogP contribution in [0.3, 0.4) is 0 Å². The molecule has 0 aromatic carbocycles. The summed E-state index contributed by atoms with van der Waals surface area (Å²) in [5.74, 6) is -1.38. The third-order valence-electron chi connectivity index (χ3n) is 3.09. The zero-order valence-electron chi connectivity index (χ0n) is 12.1. The zero-order chi connectivity index (χ0) is 16.3. The van der Waals surface area contributed by atoms with Gasteiger partial charge in [0.25, 0.3) is 5.91 Å². The Kier molecular flexibility index (Phi) is 4.71. The first-order valence-corrected chi connectivity index (χ1v) is 6.83. The van der Waals surface area contributed by atoms with Crippen LogP contribution in [-0.4, -0.2) is 52.8 Å². The minimum Gasteiger partial charge on any atom is -0.465 e. The second-order valence-corrected chi connectivity index (χ2v) is 4.87. The molecule has 1 aromatic heterocycles. The van der Waals surface area contributed by atoms with E-state index in [0.29, 0.717) is 13.1 Å². The number of thiocarbonyl (C=S) groups is 1. The van der Waals surface area contributed by atoms with Gasteiger partial charge < -0.3 is 14.1 Å². The average molecular weight is 322 g/mol. The first-order valence-electron chi connectivity index (χ1n) is 6.42. The molecule has 1 fully saturated rings. The number of carbonyl (C=O) groups is 3. The first kappa shape index (κ1) is 15.9. The van der Waals surface area contributed by atoms with E-state index in [4.69, 9.17) is 16.6 Å². The van der Waals surface area contributed by atoms with Crippen LogP contribution in [0.2, 0.25) is 0 Å². The number of furan rings is 1. The third-order valence-corrected chi connectivity index (χ3v) is 3.54. The number of amides is 1. The van der Waals surface area contributed by atoms with Crippen LogP contribution in [0.5, 0.6) is 0 Å². The summed E-state index contributed by atoms with van der Waals surface area (Å²) < 4.78 is 9.61. The van der Waals surface area contributed by atoms with Crippen LogP contribution >= 0.6 is 12.2 Å². The lowest BCUT2D eigenvalue weighted by Gasteiger charge is -2.17. The Morgan fingerprint density at radius 2 is 2.09 bits per heavy atom. The lowest BCUT2D eigenvalue weighted by molar-refractivity contribution is -0.137. The number of ketones is 1. The number of ether oxygens (including phenoxy) is 1. The van der Waals surface area contributed by atoms with Crippen molar-refractivity contribution in [2.75, 3.05) is 20.2 Å². The number of nitrogens with zero attached hydrogens (tertiary/aromatic N) is 2. The Morgan fingerprint density at radius 1 is 1.36 bits per heavy atom. The summed E-state index contributed by atoms with van der Waals surface area (Å²) in [4.78, 5) is 38.1. The van der Waals surface area contributed by atoms with E-state index in [2.05, 4.69) is 4.74 Å². The Morgan fingerprint density at radius 3 is 2.64 bits per heavy atom. The third kappa shape index (κ3) is 3.06. The minimum absolute atomic E-state index is 0.128. The molecule has 22 heavy (non-hydrogen) atoms. The van der Waals surface area contributed by atoms with Gasteiger partial charge in [-0.3, -0.25) is 14.5 Å². The van der Waals surface area contributed by atoms with Gasteiger partial charge in [0.2, 0.25) is 0 Å². The molecule has 0 spiro atoms. The summed E-state index contributed by atoms with van der Waals surface area (Å²) in [5.41, 5.74) is -0.128. The van der Waals surface area contributed by atoms with E-state index in [1.807, 2.05) is 0 Å². The number of hydrogen-bond donors (Lipinski definition) is 0. The molecule has 0 atom stereocenters. The van der Waals surface area contributed by atoms with Gasteiger partial charge in [-0.05, 0) is 31.3 Å². The molecule has 1 aromatic rings. The fraction of sp³-hybridized carbons (Fsp3) is 0.286. The van der Waals surface area contributed by atoms with Gasteiger partial charge in [-0.1, -0.05) is 0 Å². The Bertz CT molecular complexity index is 650. The molecule has 1 aliphatic heterocycles. The van der Waals surface area contributed by atoms with Gasteiger partial charge in [0.15, 0.2) is 16.7 Å². The molecule has 0 saturated carbocycles. The predicted molar refractivity (Wildman–Crippen MR) is 79.8 cm³/mol. The molecule has 1 amide bonds. The van der Waals surface area contributed by atoms with E-state index in [1.165, 1.54) is 36.3 Å². The molecule has 2 heterocycles. The number of Topliss-reactive ketones (excluding diaryl/α,β-unsaturated/α-hetero) is 1. The normalized spacial score (nSPS) is 15.2. The van der Waals surface area contributed by atoms with Gasteiger partial charge in [-0.25, -0.2) is 4.79 Å². The van der Waals surface area contributed by atoms with Crippen LogP contribution in [0.15, 0.2) is 34.6 Å². The second-order valence-electron chi connectivity index (χ2n) is 4.50. The summed E-state index contributed by atoms with van der Waals surface area (Å²) in [5, 5.41) is 0.198. The molecule has 0 unspecified atom stereocenters. The smallest absolute Gasteiger partial charge is 0.342 e. The highest BCUT2D eigenvalue weighted by atomic mass is 32.1. The summed E-state index contributed by atoms with van der Waals surface area (Å²) in [6.45, 7) is 1.97. The van der Waals surface area contributed by atoms with E-state index in [1.54, 1.807) is 12.1 Å². The maximum atomic E-state index is 12.2. The maximum absolute atomic E-state index is 12.2. The van der Waals surface area contributed by atoms with Crippen molar-refractivity contribution in [3.8, 4) is 0 Å². The van der Waals surface area contributed by atoms with Crippen molar-refractivity contribution in [3.05, 3.63) is 35.9 Å². The van der Waals surface area contributed by atoms with E-state index in [0.717, 1.165) is 0 Å². The molecule has 1 aliphatic rings. The average Bonchev–Trinajstić information content (AvgIpc) is 3.13. The summed E-state index contributed by atoms with van der Waals surface area (Å²) in [7, 11) is 1.19. The lowest BCUT2D eigenvalue weighted by Crippen LogP contribution is -2.34. The van der Waals surface area contributed by atoms with Crippen LogP contribution in [0, 0.1) is 0 Å². The molecule has 7 nitrogen and oxygen atoms in total. The monoisotopic (exact) mass is 322 g/mol. The van der Waals surface area contributed by atoms with Crippen molar-refractivity contribution in [3.63, 3.8) is 0 Å². The SMILES string of the molecule is COC(=O)/C(=C/N1CCN(C(=O)c2ccco2)C1=S)C(C)=O. The Balaban J connectivity index is 2.19. The van der Waals surface area contributed by atoms with Gasteiger partial charge >= 0.3 is 5.97 Å². The second kappa shape index (κ2) is 6.52. The number of rotatable bonds is 4. The highest BCUT2D eigenvalue weighted by molar-refractivity contribution is 7.80. The molecule has 116 valence electrons. The van der Waals surface area contributed by atoms with Crippen molar-refractivity contribution in [1.82, 2.24) is 9.80 Å². The number of methoxy groups -OCH3 is 1. The summed E-state index contributed by atoms with van der Waals surface area (Å²) in [6.07, 6.45) is 2.71. The zero-order valence-corrected chi connectivity index (χ0v) is 12.9. The molecular weight excluding hydrogens is 308 g/mol. The molecule has 2 rings (SSSR count). The molecular formula is C14H14N2O5S. The molecule has 1 saturated heterocycles. The Labute approximate surface area is 132 Å². The Hall–Kier alpha value is -2.48. The van der Waals surface area contributed by atoms with Crippen LogP contribution < -0.4 is 0 Å². The van der Waals surface area contributed by atoms with Gasteiger partial charge in [0, 0.05) is 19.3 Å². The summed E-state index contributed by atoms with van der Waals surface area (Å²) >= 11 is 5.22. The molecule has 0 aliphatic carbocycles. The van der Waals surface area contributed by atoms with Gasteiger partial charge in [0.05, 0.1) is 13.4 Å². The molecule has 0 N–H and O–H groups in total. The standard InChI is InChI=1S/C14H14N2O5S/c1-9(17)10(13(19)20-2)8-15-5-6-16(14(15)22)12(18)11-4-3-7-21-11/h3-4,7-8H,5-6H2,1-2H3/b10-8+. The molecule has 8 heteroatoms. The van der Waals surface area contributed by atoms with E-state index >= 15 is 0 Å². The fourth-order valence-electron chi connectivity index (χ4n) is 1.95. The summed E-state index contributed by atoms with van der Waals surface area (Å²) in [6, 6.07) is 3.15. The fourth-order valence-corrected chi connectivity index (χ4v) is 2.27. The minimum atomic E-state index is -0.744.